The van der Waals surface area contributed by atoms with Crippen molar-refractivity contribution in [3.63, 3.8) is 0 Å². The second kappa shape index (κ2) is 7.79. The molecule has 1 saturated heterocycles. The fourth-order valence-corrected chi connectivity index (χ4v) is 3.83. The first-order chi connectivity index (χ1) is 11.7. The summed E-state index contributed by atoms with van der Waals surface area (Å²) in [6.45, 7) is 7.16. The Labute approximate surface area is 146 Å². The highest BCUT2D eigenvalue weighted by Gasteiger charge is 2.27. The molecule has 1 atom stereocenters. The zero-order chi connectivity index (χ0) is 16.9. The number of hydrogen-bond donors (Lipinski definition) is 0. The van der Waals surface area contributed by atoms with Gasteiger partial charge in [-0.3, -0.25) is 0 Å². The van der Waals surface area contributed by atoms with E-state index in [-0.39, 0.29) is 6.03 Å². The molecule has 1 aliphatic rings. The number of aromatic nitrogens is 2. The first-order valence-corrected chi connectivity index (χ1v) is 9.54. The molecule has 0 aromatic carbocycles. The highest BCUT2D eigenvalue weighted by molar-refractivity contribution is 7.08. The Morgan fingerprint density at radius 3 is 3.00 bits per heavy atom. The van der Waals surface area contributed by atoms with Crippen LogP contribution in [0.1, 0.15) is 32.6 Å². The van der Waals surface area contributed by atoms with Crippen LogP contribution in [0.5, 0.6) is 0 Å². The lowest BCUT2D eigenvalue weighted by molar-refractivity contribution is 0.129. The van der Waals surface area contributed by atoms with Crippen LogP contribution in [-0.4, -0.2) is 52.2 Å². The van der Waals surface area contributed by atoms with Gasteiger partial charge in [0, 0.05) is 43.5 Å². The Morgan fingerprint density at radius 2 is 2.29 bits per heavy atom. The van der Waals surface area contributed by atoms with Gasteiger partial charge in [0.25, 0.3) is 0 Å². The molecular formula is C17H24N4O2S. The van der Waals surface area contributed by atoms with Gasteiger partial charge in [0.2, 0.25) is 11.7 Å². The average Bonchev–Trinajstić information content (AvgIpc) is 3.27. The van der Waals surface area contributed by atoms with Gasteiger partial charge in [0.1, 0.15) is 0 Å². The first-order valence-electron chi connectivity index (χ1n) is 8.60. The predicted molar refractivity (Wildman–Crippen MR) is 93.9 cm³/mol. The summed E-state index contributed by atoms with van der Waals surface area (Å²) in [4.78, 5) is 20.9. The molecule has 0 aliphatic carbocycles. The van der Waals surface area contributed by atoms with Crippen LogP contribution in [0.15, 0.2) is 21.3 Å². The molecule has 3 heterocycles. The number of urea groups is 1. The number of carbonyl (C=O) groups is 1. The fraction of sp³-hybridized carbons (Fsp3) is 0.588. The first kappa shape index (κ1) is 17.0. The van der Waals surface area contributed by atoms with Gasteiger partial charge >= 0.3 is 6.03 Å². The Kier molecular flexibility index (Phi) is 5.50. The lowest BCUT2D eigenvalue weighted by Crippen LogP contribution is -2.47. The summed E-state index contributed by atoms with van der Waals surface area (Å²) in [5, 5.41) is 8.08. The van der Waals surface area contributed by atoms with Crippen LogP contribution >= 0.6 is 11.3 Å². The number of thiophene rings is 1. The summed E-state index contributed by atoms with van der Waals surface area (Å²) in [5.74, 6) is 1.70. The molecule has 24 heavy (non-hydrogen) atoms. The van der Waals surface area contributed by atoms with Gasteiger partial charge in [-0.15, -0.1) is 0 Å². The molecule has 1 unspecified atom stereocenters. The molecule has 130 valence electrons. The number of likely N-dealkylation sites (tertiary alicyclic amines) is 1. The molecule has 0 radical (unpaired) electrons. The summed E-state index contributed by atoms with van der Waals surface area (Å²) in [6.07, 6.45) is 2.86. The van der Waals surface area contributed by atoms with E-state index in [2.05, 4.69) is 10.1 Å². The summed E-state index contributed by atoms with van der Waals surface area (Å²) in [7, 11) is 0. The molecule has 2 aromatic heterocycles. The van der Waals surface area contributed by atoms with E-state index in [0.29, 0.717) is 17.6 Å². The normalized spacial score (nSPS) is 17.9. The van der Waals surface area contributed by atoms with Crippen molar-refractivity contribution in [2.24, 2.45) is 5.92 Å². The number of nitrogens with zero attached hydrogens (tertiary/aromatic N) is 4. The van der Waals surface area contributed by atoms with Gasteiger partial charge < -0.3 is 14.3 Å². The van der Waals surface area contributed by atoms with E-state index in [1.165, 1.54) is 0 Å². The maximum atomic E-state index is 12.5. The average molecular weight is 348 g/mol. The number of hydrogen-bond acceptors (Lipinski definition) is 5. The molecule has 6 nitrogen and oxygen atoms in total. The van der Waals surface area contributed by atoms with Gasteiger partial charge in [-0.05, 0) is 44.1 Å². The Morgan fingerprint density at radius 1 is 1.46 bits per heavy atom. The standard InChI is InChI=1S/C17H24N4O2S/c1-3-20(4-2)17(22)21-8-5-6-13(11-21)10-15-18-16(19-23-15)14-7-9-24-12-14/h7,9,12-13H,3-6,8,10-11H2,1-2H3. The molecule has 0 saturated carbocycles. The minimum Gasteiger partial charge on any atom is -0.339 e. The topological polar surface area (TPSA) is 62.5 Å². The maximum absolute atomic E-state index is 12.5. The second-order valence-corrected chi connectivity index (χ2v) is 6.92. The SMILES string of the molecule is CCN(CC)C(=O)N1CCCC(Cc2nc(-c3ccsc3)no2)C1. The van der Waals surface area contributed by atoms with E-state index in [0.717, 1.165) is 51.0 Å². The van der Waals surface area contributed by atoms with Gasteiger partial charge in [0.15, 0.2) is 0 Å². The second-order valence-electron chi connectivity index (χ2n) is 6.14. The summed E-state index contributed by atoms with van der Waals surface area (Å²) < 4.78 is 5.41. The summed E-state index contributed by atoms with van der Waals surface area (Å²) in [6, 6.07) is 2.14. The molecule has 2 aromatic rings. The molecule has 0 N–H and O–H groups in total. The van der Waals surface area contributed by atoms with Crippen LogP contribution in [0.3, 0.4) is 0 Å². The lowest BCUT2D eigenvalue weighted by atomic mass is 9.95. The number of carbonyl (C=O) groups excluding carboxylic acids is 1. The molecule has 0 bridgehead atoms. The van der Waals surface area contributed by atoms with E-state index in [1.54, 1.807) is 11.3 Å². The van der Waals surface area contributed by atoms with Crippen molar-refractivity contribution >= 4 is 17.4 Å². The van der Waals surface area contributed by atoms with Crippen molar-refractivity contribution in [3.8, 4) is 11.4 Å². The molecule has 0 spiro atoms. The fourth-order valence-electron chi connectivity index (χ4n) is 3.19. The quantitative estimate of drug-likeness (QED) is 0.829. The Bertz CT molecular complexity index is 651. The van der Waals surface area contributed by atoms with Gasteiger partial charge in [-0.1, -0.05) is 5.16 Å². The van der Waals surface area contributed by atoms with Crippen LogP contribution in [-0.2, 0) is 6.42 Å². The minimum absolute atomic E-state index is 0.147. The van der Waals surface area contributed by atoms with E-state index >= 15 is 0 Å². The summed E-state index contributed by atoms with van der Waals surface area (Å²) in [5.41, 5.74) is 0.997. The largest absolute Gasteiger partial charge is 0.339 e. The third-order valence-corrected chi connectivity index (χ3v) is 5.22. The molecule has 2 amide bonds. The van der Waals surface area contributed by atoms with E-state index in [1.807, 2.05) is 40.5 Å². The van der Waals surface area contributed by atoms with Gasteiger partial charge in [0.05, 0.1) is 0 Å². The molecule has 1 aliphatic heterocycles. The van der Waals surface area contributed by atoms with Crippen molar-refractivity contribution in [2.75, 3.05) is 26.2 Å². The third kappa shape index (κ3) is 3.77. The van der Waals surface area contributed by atoms with Gasteiger partial charge in [-0.25, -0.2) is 4.79 Å². The Hall–Kier alpha value is -1.89. The minimum atomic E-state index is 0.147. The molecular weight excluding hydrogens is 324 g/mol. The highest BCUT2D eigenvalue weighted by atomic mass is 32.1. The number of amides is 2. The monoisotopic (exact) mass is 348 g/mol. The molecule has 7 heteroatoms. The van der Waals surface area contributed by atoms with Crippen LogP contribution < -0.4 is 0 Å². The van der Waals surface area contributed by atoms with E-state index < -0.39 is 0 Å². The van der Waals surface area contributed by atoms with Crippen LogP contribution in [0.2, 0.25) is 0 Å². The predicted octanol–water partition coefficient (Wildman–Crippen LogP) is 3.51. The van der Waals surface area contributed by atoms with Crippen LogP contribution in [0, 0.1) is 5.92 Å². The number of piperidine rings is 1. The van der Waals surface area contributed by atoms with Gasteiger partial charge in [-0.2, -0.15) is 16.3 Å². The maximum Gasteiger partial charge on any atom is 0.319 e. The van der Waals surface area contributed by atoms with Crippen LogP contribution in [0.25, 0.3) is 11.4 Å². The highest BCUT2D eigenvalue weighted by Crippen LogP contribution is 2.23. The summed E-state index contributed by atoms with van der Waals surface area (Å²) >= 11 is 1.62. The van der Waals surface area contributed by atoms with Crippen molar-refractivity contribution in [1.82, 2.24) is 19.9 Å². The van der Waals surface area contributed by atoms with Crippen molar-refractivity contribution < 1.29 is 9.32 Å². The molecule has 3 rings (SSSR count). The van der Waals surface area contributed by atoms with Crippen molar-refractivity contribution in [1.29, 1.82) is 0 Å². The van der Waals surface area contributed by atoms with Crippen LogP contribution in [0.4, 0.5) is 4.79 Å². The van der Waals surface area contributed by atoms with Crippen molar-refractivity contribution in [3.05, 3.63) is 22.7 Å². The van der Waals surface area contributed by atoms with Crippen molar-refractivity contribution in [2.45, 2.75) is 33.1 Å². The lowest BCUT2D eigenvalue weighted by Gasteiger charge is -2.35. The Balaban J connectivity index is 1.60. The number of rotatable bonds is 5. The smallest absolute Gasteiger partial charge is 0.319 e. The zero-order valence-corrected chi connectivity index (χ0v) is 15.1. The van der Waals surface area contributed by atoms with E-state index in [9.17, 15) is 4.79 Å². The van der Waals surface area contributed by atoms with E-state index in [4.69, 9.17) is 4.52 Å². The zero-order valence-electron chi connectivity index (χ0n) is 14.3. The third-order valence-electron chi connectivity index (χ3n) is 4.53. The molecule has 1 fully saturated rings.